The van der Waals surface area contributed by atoms with Crippen LogP contribution < -0.4 is 0 Å². The summed E-state index contributed by atoms with van der Waals surface area (Å²) < 4.78 is 25.3. The summed E-state index contributed by atoms with van der Waals surface area (Å²) in [6.07, 6.45) is 1.52. The van der Waals surface area contributed by atoms with E-state index in [1.807, 2.05) is 0 Å². The van der Waals surface area contributed by atoms with E-state index in [0.29, 0.717) is 6.42 Å². The Balaban J connectivity index is 4.21. The molecule has 0 heterocycles. The smallest absolute Gasteiger partial charge is 0.242 e. The van der Waals surface area contributed by atoms with Crippen molar-refractivity contribution in [3.63, 3.8) is 0 Å². The second-order valence-electron chi connectivity index (χ2n) is 1.88. The maximum absolute atomic E-state index is 10.5. The van der Waals surface area contributed by atoms with Crippen LogP contribution in [0.2, 0.25) is 0 Å². The summed E-state index contributed by atoms with van der Waals surface area (Å²) in [7, 11) is -3.53. The highest BCUT2D eigenvalue weighted by Gasteiger charge is 2.11. The van der Waals surface area contributed by atoms with Gasteiger partial charge in [-0.05, 0) is 6.42 Å². The van der Waals surface area contributed by atoms with Crippen molar-refractivity contribution in [2.45, 2.75) is 19.6 Å². The van der Waals surface area contributed by atoms with Crippen molar-refractivity contribution >= 4 is 16.2 Å². The first-order valence-electron chi connectivity index (χ1n) is 2.95. The number of isocyanates is 1. The van der Waals surface area contributed by atoms with Crippen molar-refractivity contribution < 1.29 is 17.4 Å². The fourth-order valence-electron chi connectivity index (χ4n) is 0.441. The standard InChI is InChI=1S/C5H9NO4S/c1-3-5(6-4-7)10-11(2,8)9/h5H,3H2,1-2H3. The molecule has 1 atom stereocenters. The molecular weight excluding hydrogens is 170 g/mol. The number of hydrogen-bond donors (Lipinski definition) is 0. The molecule has 0 aromatic heterocycles. The third-order valence-electron chi connectivity index (χ3n) is 0.832. The lowest BCUT2D eigenvalue weighted by Gasteiger charge is -2.05. The fourth-order valence-corrected chi connectivity index (χ4v) is 1.02. The summed E-state index contributed by atoms with van der Waals surface area (Å²) in [6, 6.07) is 0. The summed E-state index contributed by atoms with van der Waals surface area (Å²) in [6.45, 7) is 1.65. The minimum atomic E-state index is -3.53. The summed E-state index contributed by atoms with van der Waals surface area (Å²) in [5.74, 6) is 0. The maximum Gasteiger partial charge on any atom is 0.266 e. The van der Waals surface area contributed by atoms with Gasteiger partial charge in [0.25, 0.3) is 10.1 Å². The maximum atomic E-state index is 10.5. The second-order valence-corrected chi connectivity index (χ2v) is 3.48. The molecule has 0 N–H and O–H groups in total. The minimum absolute atomic E-state index is 0.322. The molecule has 64 valence electrons. The zero-order valence-corrected chi connectivity index (χ0v) is 7.09. The average molecular weight is 179 g/mol. The highest BCUT2D eigenvalue weighted by atomic mass is 32.2. The molecule has 0 amide bonds. The Morgan fingerprint density at radius 3 is 2.45 bits per heavy atom. The summed E-state index contributed by atoms with van der Waals surface area (Å²) in [5.41, 5.74) is 0. The Morgan fingerprint density at radius 1 is 1.64 bits per heavy atom. The van der Waals surface area contributed by atoms with Gasteiger partial charge in [-0.15, -0.1) is 0 Å². The second kappa shape index (κ2) is 4.23. The third kappa shape index (κ3) is 5.72. The Labute approximate surface area is 65.2 Å². The van der Waals surface area contributed by atoms with Crippen LogP contribution in [-0.2, 0) is 19.1 Å². The van der Waals surface area contributed by atoms with E-state index < -0.39 is 16.3 Å². The topological polar surface area (TPSA) is 72.8 Å². The highest BCUT2D eigenvalue weighted by molar-refractivity contribution is 7.86. The van der Waals surface area contributed by atoms with Gasteiger partial charge in [-0.25, -0.2) is 8.98 Å². The molecule has 0 radical (unpaired) electrons. The van der Waals surface area contributed by atoms with Gasteiger partial charge < -0.3 is 0 Å². The van der Waals surface area contributed by atoms with Gasteiger partial charge in [-0.2, -0.15) is 13.4 Å². The molecule has 0 aliphatic rings. The van der Waals surface area contributed by atoms with Crippen LogP contribution in [0.3, 0.4) is 0 Å². The van der Waals surface area contributed by atoms with Gasteiger partial charge >= 0.3 is 0 Å². The van der Waals surface area contributed by atoms with E-state index in [1.165, 1.54) is 6.08 Å². The first kappa shape index (κ1) is 10.3. The van der Waals surface area contributed by atoms with Crippen LogP contribution in [0.5, 0.6) is 0 Å². The Morgan fingerprint density at radius 2 is 2.18 bits per heavy atom. The van der Waals surface area contributed by atoms with Crippen LogP contribution in [0.15, 0.2) is 4.99 Å². The molecule has 0 aromatic rings. The van der Waals surface area contributed by atoms with Crippen molar-refractivity contribution in [2.24, 2.45) is 4.99 Å². The summed E-state index contributed by atoms with van der Waals surface area (Å²) >= 11 is 0. The average Bonchev–Trinajstić information content (AvgIpc) is 1.84. The molecule has 6 heteroatoms. The highest BCUT2D eigenvalue weighted by Crippen LogP contribution is 2.02. The van der Waals surface area contributed by atoms with Crippen molar-refractivity contribution in [3.8, 4) is 0 Å². The van der Waals surface area contributed by atoms with E-state index in [4.69, 9.17) is 0 Å². The first-order chi connectivity index (χ1) is 4.99. The van der Waals surface area contributed by atoms with Gasteiger partial charge in [0.2, 0.25) is 6.08 Å². The SMILES string of the molecule is CCC(N=C=O)OS(C)(=O)=O. The predicted octanol–water partition coefficient (Wildman–Crippen LogP) is 0.0345. The van der Waals surface area contributed by atoms with E-state index in [-0.39, 0.29) is 0 Å². The van der Waals surface area contributed by atoms with Crippen molar-refractivity contribution in [3.05, 3.63) is 0 Å². The largest absolute Gasteiger partial charge is 0.266 e. The molecule has 0 saturated heterocycles. The van der Waals surface area contributed by atoms with Crippen molar-refractivity contribution in [2.75, 3.05) is 6.26 Å². The molecule has 0 fully saturated rings. The van der Waals surface area contributed by atoms with E-state index in [0.717, 1.165) is 6.26 Å². The minimum Gasteiger partial charge on any atom is -0.242 e. The lowest BCUT2D eigenvalue weighted by molar-refractivity contribution is 0.217. The van der Waals surface area contributed by atoms with Gasteiger partial charge in [0.05, 0.1) is 6.26 Å². The molecule has 0 rings (SSSR count). The summed E-state index contributed by atoms with van der Waals surface area (Å²) in [4.78, 5) is 12.8. The van der Waals surface area contributed by atoms with Gasteiger partial charge in [0.1, 0.15) is 0 Å². The monoisotopic (exact) mass is 179 g/mol. The number of rotatable bonds is 4. The van der Waals surface area contributed by atoms with Gasteiger partial charge in [-0.3, -0.25) is 0 Å². The molecule has 0 aromatic carbocycles. The Kier molecular flexibility index (Phi) is 3.95. The summed E-state index contributed by atoms with van der Waals surface area (Å²) in [5, 5.41) is 0. The molecule has 11 heavy (non-hydrogen) atoms. The van der Waals surface area contributed by atoms with E-state index >= 15 is 0 Å². The molecule has 0 saturated carbocycles. The van der Waals surface area contributed by atoms with Crippen LogP contribution in [0, 0.1) is 0 Å². The molecule has 0 bridgehead atoms. The quantitative estimate of drug-likeness (QED) is 0.347. The van der Waals surface area contributed by atoms with Gasteiger partial charge in [0, 0.05) is 0 Å². The Bertz CT molecular complexity index is 252. The lowest BCUT2D eigenvalue weighted by atomic mass is 10.4. The molecule has 0 spiro atoms. The first-order valence-corrected chi connectivity index (χ1v) is 4.76. The van der Waals surface area contributed by atoms with E-state index in [9.17, 15) is 13.2 Å². The fraction of sp³-hybridized carbons (Fsp3) is 0.800. The van der Waals surface area contributed by atoms with E-state index in [2.05, 4.69) is 9.18 Å². The number of nitrogens with zero attached hydrogens (tertiary/aromatic N) is 1. The van der Waals surface area contributed by atoms with Crippen LogP contribution in [0.4, 0.5) is 0 Å². The number of hydrogen-bond acceptors (Lipinski definition) is 5. The van der Waals surface area contributed by atoms with Crippen molar-refractivity contribution in [1.82, 2.24) is 0 Å². The van der Waals surface area contributed by atoms with Crippen LogP contribution >= 0.6 is 0 Å². The van der Waals surface area contributed by atoms with E-state index in [1.54, 1.807) is 6.92 Å². The van der Waals surface area contributed by atoms with Crippen LogP contribution in [0.25, 0.3) is 0 Å². The molecule has 1 unspecified atom stereocenters. The molecule has 5 nitrogen and oxygen atoms in total. The molecule has 0 aliphatic heterocycles. The predicted molar refractivity (Wildman–Crippen MR) is 38.1 cm³/mol. The lowest BCUT2D eigenvalue weighted by Crippen LogP contribution is -2.13. The van der Waals surface area contributed by atoms with Gasteiger partial charge in [-0.1, -0.05) is 6.92 Å². The number of aliphatic imine (C=N–C) groups is 1. The molecular formula is C5H9NO4S. The zero-order chi connectivity index (χ0) is 8.91. The zero-order valence-electron chi connectivity index (χ0n) is 6.27. The van der Waals surface area contributed by atoms with Crippen molar-refractivity contribution in [1.29, 1.82) is 0 Å². The van der Waals surface area contributed by atoms with Crippen LogP contribution in [0.1, 0.15) is 13.3 Å². The van der Waals surface area contributed by atoms with Gasteiger partial charge in [0.15, 0.2) is 6.23 Å². The van der Waals surface area contributed by atoms with Crippen LogP contribution in [-0.4, -0.2) is 27.0 Å². The molecule has 0 aliphatic carbocycles. The normalized spacial score (nSPS) is 13.6. The Hall–Kier alpha value is -0.710. The number of carbonyl (C=O) groups excluding carboxylic acids is 1. The third-order valence-corrected chi connectivity index (χ3v) is 1.40.